The van der Waals surface area contributed by atoms with Crippen LogP contribution in [0.1, 0.15) is 31.2 Å². The van der Waals surface area contributed by atoms with Gasteiger partial charge in [0, 0.05) is 18.5 Å². The molecule has 0 aliphatic heterocycles. The van der Waals surface area contributed by atoms with Crippen molar-refractivity contribution in [3.05, 3.63) is 35.6 Å². The average molecular weight is 284 g/mol. The number of amides is 1. The van der Waals surface area contributed by atoms with Gasteiger partial charge in [0.2, 0.25) is 5.91 Å². The first-order valence-electron chi connectivity index (χ1n) is 6.80. The lowest BCUT2D eigenvalue weighted by molar-refractivity contribution is -0.134. The van der Waals surface area contributed by atoms with E-state index in [0.29, 0.717) is 18.3 Å². The summed E-state index contributed by atoms with van der Waals surface area (Å²) in [5.74, 6) is 0.433. The van der Waals surface area contributed by atoms with Crippen LogP contribution >= 0.6 is 11.6 Å². The van der Waals surface area contributed by atoms with Gasteiger partial charge in [-0.2, -0.15) is 0 Å². The summed E-state index contributed by atoms with van der Waals surface area (Å²) in [6, 6.07) is 6.53. The summed E-state index contributed by atoms with van der Waals surface area (Å²) in [4.78, 5) is 14.3. The first kappa shape index (κ1) is 14.3. The second-order valence-corrected chi connectivity index (χ2v) is 5.40. The van der Waals surface area contributed by atoms with Crippen molar-refractivity contribution in [1.82, 2.24) is 4.90 Å². The Morgan fingerprint density at radius 3 is 2.53 bits per heavy atom. The van der Waals surface area contributed by atoms with Gasteiger partial charge in [-0.15, -0.1) is 11.6 Å². The zero-order valence-corrected chi connectivity index (χ0v) is 11.7. The SMILES string of the molecule is O=C(Cc1ccc(F)cc1)N(CCCCl)C1CCC1. The van der Waals surface area contributed by atoms with Crippen molar-refractivity contribution in [3.8, 4) is 0 Å². The fourth-order valence-corrected chi connectivity index (χ4v) is 2.44. The maximum Gasteiger partial charge on any atom is 0.227 e. The van der Waals surface area contributed by atoms with Crippen LogP contribution < -0.4 is 0 Å². The van der Waals surface area contributed by atoms with Crippen molar-refractivity contribution in [1.29, 1.82) is 0 Å². The van der Waals surface area contributed by atoms with Crippen LogP contribution in [0, 0.1) is 5.82 Å². The van der Waals surface area contributed by atoms with Crippen molar-refractivity contribution < 1.29 is 9.18 Å². The Hall–Kier alpha value is -1.09. The van der Waals surface area contributed by atoms with E-state index >= 15 is 0 Å². The van der Waals surface area contributed by atoms with Crippen LogP contribution in [-0.4, -0.2) is 29.3 Å². The standard InChI is InChI=1S/C15H19ClFNO/c16-9-2-10-18(14-3-1-4-14)15(19)11-12-5-7-13(17)8-6-12/h5-8,14H,1-4,9-11H2. The number of alkyl halides is 1. The average Bonchev–Trinajstić information content (AvgIpc) is 2.34. The molecule has 0 atom stereocenters. The van der Waals surface area contributed by atoms with Crippen LogP contribution in [0.2, 0.25) is 0 Å². The minimum atomic E-state index is -0.269. The first-order chi connectivity index (χ1) is 9.20. The molecule has 1 fully saturated rings. The summed E-state index contributed by atoms with van der Waals surface area (Å²) in [7, 11) is 0. The Kier molecular flexibility index (Phi) is 5.20. The Bertz CT molecular complexity index is 417. The maximum absolute atomic E-state index is 12.8. The van der Waals surface area contributed by atoms with E-state index in [9.17, 15) is 9.18 Å². The first-order valence-corrected chi connectivity index (χ1v) is 7.34. The summed E-state index contributed by atoms with van der Waals surface area (Å²) >= 11 is 5.71. The molecule has 1 aromatic carbocycles. The Morgan fingerprint density at radius 2 is 2.00 bits per heavy atom. The third-order valence-electron chi connectivity index (χ3n) is 3.64. The Labute approximate surface area is 118 Å². The van der Waals surface area contributed by atoms with Crippen molar-refractivity contribution in [2.75, 3.05) is 12.4 Å². The van der Waals surface area contributed by atoms with Gasteiger partial charge in [0.15, 0.2) is 0 Å². The molecule has 0 spiro atoms. The largest absolute Gasteiger partial charge is 0.339 e. The predicted molar refractivity (Wildman–Crippen MR) is 74.8 cm³/mol. The van der Waals surface area contributed by atoms with E-state index in [0.717, 1.165) is 31.4 Å². The van der Waals surface area contributed by atoms with E-state index in [1.54, 1.807) is 12.1 Å². The van der Waals surface area contributed by atoms with E-state index in [4.69, 9.17) is 11.6 Å². The molecule has 1 saturated carbocycles. The third kappa shape index (κ3) is 3.93. The van der Waals surface area contributed by atoms with Gasteiger partial charge in [0.05, 0.1) is 6.42 Å². The third-order valence-corrected chi connectivity index (χ3v) is 3.90. The number of rotatable bonds is 6. The van der Waals surface area contributed by atoms with Crippen LogP contribution in [0.15, 0.2) is 24.3 Å². The fourth-order valence-electron chi connectivity index (χ4n) is 2.32. The molecule has 0 unspecified atom stereocenters. The minimum absolute atomic E-state index is 0.126. The van der Waals surface area contributed by atoms with E-state index in [-0.39, 0.29) is 11.7 Å². The molecule has 0 radical (unpaired) electrons. The lowest BCUT2D eigenvalue weighted by atomic mass is 9.91. The van der Waals surface area contributed by atoms with Crippen LogP contribution in [0.4, 0.5) is 4.39 Å². The molecule has 0 bridgehead atoms. The normalized spacial score (nSPS) is 15.1. The molecule has 0 N–H and O–H groups in total. The van der Waals surface area contributed by atoms with Gasteiger partial charge in [0.1, 0.15) is 5.82 Å². The van der Waals surface area contributed by atoms with Gasteiger partial charge in [-0.1, -0.05) is 12.1 Å². The zero-order chi connectivity index (χ0) is 13.7. The van der Waals surface area contributed by atoms with Gasteiger partial charge in [-0.05, 0) is 43.4 Å². The highest BCUT2D eigenvalue weighted by Crippen LogP contribution is 2.25. The molecule has 1 aromatic rings. The smallest absolute Gasteiger partial charge is 0.227 e. The summed E-state index contributed by atoms with van der Waals surface area (Å²) in [6.45, 7) is 0.730. The van der Waals surface area contributed by atoms with Gasteiger partial charge < -0.3 is 4.90 Å². The predicted octanol–water partition coefficient (Wildman–Crippen LogP) is 3.38. The van der Waals surface area contributed by atoms with E-state index in [1.807, 2.05) is 4.90 Å². The molecule has 0 aromatic heterocycles. The molecular formula is C15H19ClFNO. The van der Waals surface area contributed by atoms with E-state index in [2.05, 4.69) is 0 Å². The lowest BCUT2D eigenvalue weighted by Gasteiger charge is -2.37. The summed E-state index contributed by atoms with van der Waals surface area (Å²) in [5, 5.41) is 0. The zero-order valence-electron chi connectivity index (χ0n) is 10.9. The van der Waals surface area contributed by atoms with Gasteiger partial charge in [-0.25, -0.2) is 4.39 Å². The summed E-state index contributed by atoms with van der Waals surface area (Å²) in [5.41, 5.74) is 0.863. The second-order valence-electron chi connectivity index (χ2n) is 5.02. The van der Waals surface area contributed by atoms with E-state index < -0.39 is 0 Å². The molecule has 0 saturated heterocycles. The van der Waals surface area contributed by atoms with Crippen LogP contribution in [0.3, 0.4) is 0 Å². The number of carbonyl (C=O) groups is 1. The van der Waals surface area contributed by atoms with Crippen LogP contribution in [0.5, 0.6) is 0 Å². The Morgan fingerprint density at radius 1 is 1.32 bits per heavy atom. The molecule has 104 valence electrons. The number of hydrogen-bond acceptors (Lipinski definition) is 1. The lowest BCUT2D eigenvalue weighted by Crippen LogP contribution is -2.45. The van der Waals surface area contributed by atoms with E-state index in [1.165, 1.54) is 18.6 Å². The molecule has 1 aliphatic rings. The minimum Gasteiger partial charge on any atom is -0.339 e. The van der Waals surface area contributed by atoms with Crippen molar-refractivity contribution in [2.45, 2.75) is 38.1 Å². The van der Waals surface area contributed by atoms with Gasteiger partial charge >= 0.3 is 0 Å². The fraction of sp³-hybridized carbons (Fsp3) is 0.533. The number of carbonyl (C=O) groups excluding carboxylic acids is 1. The highest BCUT2D eigenvalue weighted by atomic mass is 35.5. The molecule has 2 nitrogen and oxygen atoms in total. The molecule has 4 heteroatoms. The number of nitrogens with zero attached hydrogens (tertiary/aromatic N) is 1. The van der Waals surface area contributed by atoms with Crippen molar-refractivity contribution in [3.63, 3.8) is 0 Å². The highest BCUT2D eigenvalue weighted by molar-refractivity contribution is 6.17. The maximum atomic E-state index is 12.8. The Balaban J connectivity index is 1.96. The monoisotopic (exact) mass is 283 g/mol. The number of benzene rings is 1. The molecule has 1 aliphatic carbocycles. The van der Waals surface area contributed by atoms with Crippen LogP contribution in [-0.2, 0) is 11.2 Å². The molecule has 19 heavy (non-hydrogen) atoms. The quantitative estimate of drug-likeness (QED) is 0.733. The number of halogens is 2. The van der Waals surface area contributed by atoms with Gasteiger partial charge in [-0.3, -0.25) is 4.79 Å². The number of hydrogen-bond donors (Lipinski definition) is 0. The highest BCUT2D eigenvalue weighted by Gasteiger charge is 2.28. The van der Waals surface area contributed by atoms with Crippen LogP contribution in [0.25, 0.3) is 0 Å². The molecule has 1 amide bonds. The van der Waals surface area contributed by atoms with Crippen molar-refractivity contribution in [2.24, 2.45) is 0 Å². The summed E-state index contributed by atoms with van der Waals surface area (Å²) in [6.07, 6.45) is 4.56. The topological polar surface area (TPSA) is 20.3 Å². The second kappa shape index (κ2) is 6.90. The molecular weight excluding hydrogens is 265 g/mol. The van der Waals surface area contributed by atoms with Crippen molar-refractivity contribution >= 4 is 17.5 Å². The molecule has 2 rings (SSSR count). The molecule has 0 heterocycles. The summed E-state index contributed by atoms with van der Waals surface area (Å²) < 4.78 is 12.8. The van der Waals surface area contributed by atoms with Gasteiger partial charge in [0.25, 0.3) is 0 Å².